The maximum absolute atomic E-state index is 6.38. The molecule has 0 aliphatic carbocycles. The van der Waals surface area contributed by atoms with Gasteiger partial charge in [0.2, 0.25) is 0 Å². The van der Waals surface area contributed by atoms with Crippen molar-refractivity contribution < 1.29 is 9.31 Å². The third kappa shape index (κ3) is 2.52. The zero-order chi connectivity index (χ0) is 19.0. The minimum atomic E-state index is -0.332. The molecule has 0 spiro atoms. The van der Waals surface area contributed by atoms with Crippen molar-refractivity contribution in [1.29, 1.82) is 0 Å². The van der Waals surface area contributed by atoms with Gasteiger partial charge in [-0.15, -0.1) is 0 Å². The van der Waals surface area contributed by atoms with Crippen LogP contribution in [0.25, 0.3) is 5.57 Å². The van der Waals surface area contributed by atoms with Crippen molar-refractivity contribution in [2.45, 2.75) is 55.2 Å². The van der Waals surface area contributed by atoms with Gasteiger partial charge in [-0.25, -0.2) is 0 Å². The molecule has 0 aromatic heterocycles. The lowest BCUT2D eigenvalue weighted by Gasteiger charge is -2.33. The maximum Gasteiger partial charge on any atom is 0.495 e. The summed E-state index contributed by atoms with van der Waals surface area (Å²) in [5.41, 5.74) is 5.79. The van der Waals surface area contributed by atoms with Gasteiger partial charge < -0.3 is 14.2 Å². The molecule has 0 bridgehead atoms. The number of rotatable bonds is 1. The Hall–Kier alpha value is -1.69. The van der Waals surface area contributed by atoms with Crippen molar-refractivity contribution in [2.24, 2.45) is 0 Å². The maximum atomic E-state index is 6.38. The minimum Gasteiger partial charge on any atom is -0.399 e. The molecule has 0 saturated carbocycles. The average Bonchev–Trinajstić information content (AvgIpc) is 2.82. The highest BCUT2D eigenvalue weighted by atomic mass is 32.2. The largest absolute Gasteiger partial charge is 0.495 e. The quantitative estimate of drug-likeness (QED) is 0.590. The number of nitrogens with zero attached hydrogens (tertiary/aromatic N) is 1. The van der Waals surface area contributed by atoms with Crippen molar-refractivity contribution in [3.05, 3.63) is 59.3 Å². The molecular weight excluding hydrogens is 353 g/mol. The van der Waals surface area contributed by atoms with Crippen molar-refractivity contribution in [1.82, 2.24) is 4.90 Å². The average molecular weight is 377 g/mol. The first-order valence-electron chi connectivity index (χ1n) is 9.48. The summed E-state index contributed by atoms with van der Waals surface area (Å²) in [5.74, 6) is 0. The fourth-order valence-electron chi connectivity index (χ4n) is 4.06. The summed E-state index contributed by atoms with van der Waals surface area (Å²) in [4.78, 5) is 4.91. The van der Waals surface area contributed by atoms with Crippen molar-refractivity contribution in [3.8, 4) is 0 Å². The second-order valence-corrected chi connectivity index (χ2v) is 9.73. The van der Waals surface area contributed by atoms with Gasteiger partial charge in [-0.3, -0.25) is 0 Å². The molecule has 2 aromatic rings. The third-order valence-electron chi connectivity index (χ3n) is 6.24. The van der Waals surface area contributed by atoms with E-state index in [4.69, 9.17) is 9.31 Å². The number of hydrogen-bond donors (Lipinski definition) is 0. The predicted octanol–water partition coefficient (Wildman–Crippen LogP) is 4.29. The minimum absolute atomic E-state index is 0.328. The second-order valence-electron chi connectivity index (χ2n) is 8.65. The number of fused-ring (bicyclic) bond motifs is 2. The monoisotopic (exact) mass is 377 g/mol. The van der Waals surface area contributed by atoms with Gasteiger partial charge in [0, 0.05) is 40.7 Å². The lowest BCUT2D eigenvalue weighted by molar-refractivity contribution is 0.00578. The highest BCUT2D eigenvalue weighted by Gasteiger charge is 2.52. The molecular formula is C22H24BNO2S. The Labute approximate surface area is 165 Å². The Bertz CT molecular complexity index is 966. The van der Waals surface area contributed by atoms with E-state index in [2.05, 4.69) is 82.2 Å². The molecule has 0 amide bonds. The summed E-state index contributed by atoms with van der Waals surface area (Å²) < 4.78 is 12.8. The normalized spacial score (nSPS) is 21.6. The van der Waals surface area contributed by atoms with Crippen LogP contribution in [0.1, 0.15) is 44.4 Å². The van der Waals surface area contributed by atoms with Crippen LogP contribution in [0.15, 0.2) is 52.4 Å². The first kappa shape index (κ1) is 17.4. The van der Waals surface area contributed by atoms with Crippen LogP contribution in [0.5, 0.6) is 0 Å². The summed E-state index contributed by atoms with van der Waals surface area (Å²) in [6, 6.07) is 13.1. The van der Waals surface area contributed by atoms with Crippen LogP contribution in [-0.2, 0) is 15.9 Å². The highest BCUT2D eigenvalue weighted by molar-refractivity contribution is 7.99. The molecule has 0 unspecified atom stereocenters. The van der Waals surface area contributed by atoms with Gasteiger partial charge in [0.25, 0.3) is 0 Å². The summed E-state index contributed by atoms with van der Waals surface area (Å²) in [5, 5.41) is 0. The summed E-state index contributed by atoms with van der Waals surface area (Å²) in [7, 11) is 1.81. The Morgan fingerprint density at radius 2 is 1.67 bits per heavy atom. The molecule has 1 saturated heterocycles. The highest BCUT2D eigenvalue weighted by Crippen LogP contribution is 2.48. The van der Waals surface area contributed by atoms with Gasteiger partial charge in [0.05, 0.1) is 11.2 Å². The molecule has 0 atom stereocenters. The molecule has 0 radical (unpaired) electrons. The molecule has 3 aliphatic heterocycles. The topological polar surface area (TPSA) is 21.7 Å². The fraction of sp³-hybridized carbons (Fsp3) is 0.364. The van der Waals surface area contributed by atoms with Gasteiger partial charge in [0.1, 0.15) is 0 Å². The molecule has 5 heteroatoms. The van der Waals surface area contributed by atoms with E-state index in [0.29, 0.717) is 0 Å². The van der Waals surface area contributed by atoms with E-state index in [1.165, 1.54) is 32.1 Å². The lowest BCUT2D eigenvalue weighted by atomic mass is 9.72. The molecule has 3 heterocycles. The summed E-state index contributed by atoms with van der Waals surface area (Å²) >= 11 is 1.86. The van der Waals surface area contributed by atoms with Crippen LogP contribution in [0.4, 0.5) is 0 Å². The standard InChI is InChI=1S/C22H24BNO2S/c1-21(2)22(3,4)26-23(25-21)17-10-11-19-20-15(12-24(5)13-16(17)20)14-8-6-7-9-18(14)27-19/h6-12H,13H2,1-5H3. The van der Waals surface area contributed by atoms with E-state index in [0.717, 1.165) is 12.0 Å². The van der Waals surface area contributed by atoms with Crippen LogP contribution in [0.2, 0.25) is 0 Å². The first-order chi connectivity index (χ1) is 12.8. The van der Waals surface area contributed by atoms with E-state index < -0.39 is 0 Å². The molecule has 3 aliphatic rings. The van der Waals surface area contributed by atoms with Crippen LogP contribution < -0.4 is 5.46 Å². The molecule has 2 aromatic carbocycles. The Morgan fingerprint density at radius 3 is 2.41 bits per heavy atom. The van der Waals surface area contributed by atoms with E-state index in [1.54, 1.807) is 0 Å². The van der Waals surface area contributed by atoms with Gasteiger partial charge >= 0.3 is 7.12 Å². The fourth-order valence-corrected chi connectivity index (χ4v) is 5.21. The van der Waals surface area contributed by atoms with Gasteiger partial charge in [-0.05, 0) is 56.4 Å². The van der Waals surface area contributed by atoms with Gasteiger partial charge in [-0.1, -0.05) is 36.0 Å². The van der Waals surface area contributed by atoms with Crippen LogP contribution in [-0.4, -0.2) is 30.3 Å². The zero-order valence-electron chi connectivity index (χ0n) is 16.5. The zero-order valence-corrected chi connectivity index (χ0v) is 17.3. The molecule has 5 rings (SSSR count). The number of benzene rings is 2. The summed E-state index contributed by atoms with van der Waals surface area (Å²) in [6.07, 6.45) is 2.28. The second kappa shape index (κ2) is 5.66. The Morgan fingerprint density at radius 1 is 0.963 bits per heavy atom. The molecule has 3 nitrogen and oxygen atoms in total. The van der Waals surface area contributed by atoms with E-state index in [-0.39, 0.29) is 18.3 Å². The van der Waals surface area contributed by atoms with Crippen molar-refractivity contribution in [3.63, 3.8) is 0 Å². The van der Waals surface area contributed by atoms with Crippen molar-refractivity contribution in [2.75, 3.05) is 7.05 Å². The summed E-state index contributed by atoms with van der Waals surface area (Å²) in [6.45, 7) is 9.32. The lowest BCUT2D eigenvalue weighted by Crippen LogP contribution is -2.41. The Balaban J connectivity index is 1.67. The Kier molecular flexibility index (Phi) is 3.65. The SMILES string of the molecule is CN1C=C2c3ccccc3Sc3ccc(B4OC(C)(C)C(C)(C)O4)c(c32)C1. The molecule has 0 N–H and O–H groups in total. The number of hydrogen-bond acceptors (Lipinski definition) is 4. The smallest absolute Gasteiger partial charge is 0.399 e. The van der Waals surface area contributed by atoms with Crippen LogP contribution in [0.3, 0.4) is 0 Å². The van der Waals surface area contributed by atoms with E-state index in [9.17, 15) is 0 Å². The van der Waals surface area contributed by atoms with Crippen LogP contribution >= 0.6 is 11.8 Å². The first-order valence-corrected chi connectivity index (χ1v) is 10.3. The van der Waals surface area contributed by atoms with E-state index in [1.807, 2.05) is 11.8 Å². The molecule has 1 fully saturated rings. The molecule has 138 valence electrons. The van der Waals surface area contributed by atoms with Crippen LogP contribution in [0, 0.1) is 0 Å². The van der Waals surface area contributed by atoms with Gasteiger partial charge in [-0.2, -0.15) is 0 Å². The van der Waals surface area contributed by atoms with Gasteiger partial charge in [0.15, 0.2) is 0 Å². The third-order valence-corrected chi connectivity index (χ3v) is 7.38. The van der Waals surface area contributed by atoms with Crippen molar-refractivity contribution >= 4 is 29.9 Å². The molecule has 27 heavy (non-hydrogen) atoms. The van der Waals surface area contributed by atoms with E-state index >= 15 is 0 Å². The predicted molar refractivity (Wildman–Crippen MR) is 111 cm³/mol.